The molecule has 0 radical (unpaired) electrons. The van der Waals surface area contributed by atoms with Crippen LogP contribution in [0.3, 0.4) is 0 Å². The summed E-state index contributed by atoms with van der Waals surface area (Å²) in [5, 5.41) is 3.69. The molecule has 1 aliphatic rings. The van der Waals surface area contributed by atoms with Crippen LogP contribution in [-0.4, -0.2) is 33.7 Å². The Labute approximate surface area is 186 Å². The topological polar surface area (TPSA) is 67.2 Å². The Morgan fingerprint density at radius 3 is 2.68 bits per heavy atom. The molecule has 2 aromatic carbocycles. The van der Waals surface area contributed by atoms with Gasteiger partial charge in [0.2, 0.25) is 11.8 Å². The van der Waals surface area contributed by atoms with Crippen LogP contribution in [0.1, 0.15) is 38.2 Å². The molecule has 160 valence electrons. The maximum Gasteiger partial charge on any atom is 0.234 e. The van der Waals surface area contributed by atoms with E-state index in [2.05, 4.69) is 48.4 Å². The first-order valence-electron chi connectivity index (χ1n) is 10.5. The van der Waals surface area contributed by atoms with Crippen LogP contribution in [0.15, 0.2) is 66.1 Å². The van der Waals surface area contributed by atoms with Gasteiger partial charge in [-0.1, -0.05) is 43.8 Å². The van der Waals surface area contributed by atoms with Crippen LogP contribution in [0, 0.1) is 0 Å². The van der Waals surface area contributed by atoms with E-state index in [-0.39, 0.29) is 17.6 Å². The summed E-state index contributed by atoms with van der Waals surface area (Å²) >= 11 is 1.39. The van der Waals surface area contributed by atoms with Gasteiger partial charge in [-0.15, -0.1) is 0 Å². The second-order valence-electron chi connectivity index (χ2n) is 7.86. The first-order chi connectivity index (χ1) is 15.0. The average Bonchev–Trinajstić information content (AvgIpc) is 3.41. The van der Waals surface area contributed by atoms with Gasteiger partial charge < -0.3 is 10.2 Å². The SMILES string of the molecule is CC(C)c1ccc(-n2ccnc2SCC(=O)Nc2cccc(N3CCCC3=O)c2)cc1. The summed E-state index contributed by atoms with van der Waals surface area (Å²) in [4.78, 5) is 30.7. The van der Waals surface area contributed by atoms with E-state index < -0.39 is 0 Å². The molecule has 0 spiro atoms. The van der Waals surface area contributed by atoms with Crippen LogP contribution in [-0.2, 0) is 9.59 Å². The van der Waals surface area contributed by atoms with Crippen molar-refractivity contribution in [2.75, 3.05) is 22.5 Å². The van der Waals surface area contributed by atoms with E-state index >= 15 is 0 Å². The van der Waals surface area contributed by atoms with Crippen LogP contribution >= 0.6 is 11.8 Å². The number of amides is 2. The van der Waals surface area contributed by atoms with E-state index in [4.69, 9.17) is 0 Å². The van der Waals surface area contributed by atoms with Crippen molar-refractivity contribution in [3.8, 4) is 5.69 Å². The number of thioether (sulfide) groups is 1. The Hall–Kier alpha value is -3.06. The number of hydrogen-bond acceptors (Lipinski definition) is 4. The molecule has 7 heteroatoms. The predicted molar refractivity (Wildman–Crippen MR) is 125 cm³/mol. The van der Waals surface area contributed by atoms with Crippen LogP contribution in [0.5, 0.6) is 0 Å². The smallest absolute Gasteiger partial charge is 0.234 e. The van der Waals surface area contributed by atoms with Gasteiger partial charge >= 0.3 is 0 Å². The highest BCUT2D eigenvalue weighted by Crippen LogP contribution is 2.25. The van der Waals surface area contributed by atoms with Gasteiger partial charge in [0.1, 0.15) is 0 Å². The number of anilines is 2. The maximum atomic E-state index is 12.5. The number of benzene rings is 2. The average molecular weight is 435 g/mol. The third-order valence-electron chi connectivity index (χ3n) is 5.29. The minimum atomic E-state index is -0.111. The second-order valence-corrected chi connectivity index (χ2v) is 8.80. The molecule has 1 aromatic heterocycles. The second kappa shape index (κ2) is 9.39. The zero-order valence-electron chi connectivity index (χ0n) is 17.7. The third kappa shape index (κ3) is 4.99. The summed E-state index contributed by atoms with van der Waals surface area (Å²) in [7, 11) is 0. The molecule has 1 saturated heterocycles. The lowest BCUT2D eigenvalue weighted by molar-refractivity contribution is -0.117. The zero-order chi connectivity index (χ0) is 21.8. The molecular formula is C24H26N4O2S. The molecule has 1 N–H and O–H groups in total. The lowest BCUT2D eigenvalue weighted by atomic mass is 10.0. The number of rotatable bonds is 7. The van der Waals surface area contributed by atoms with Crippen molar-refractivity contribution in [2.45, 2.75) is 37.8 Å². The number of hydrogen-bond donors (Lipinski definition) is 1. The van der Waals surface area contributed by atoms with Crippen molar-refractivity contribution in [2.24, 2.45) is 0 Å². The van der Waals surface area contributed by atoms with Crippen LogP contribution in [0.4, 0.5) is 11.4 Å². The van der Waals surface area contributed by atoms with Gasteiger partial charge in [-0.2, -0.15) is 0 Å². The van der Waals surface area contributed by atoms with Crippen LogP contribution < -0.4 is 10.2 Å². The summed E-state index contributed by atoms with van der Waals surface area (Å²) in [6.07, 6.45) is 5.10. The molecule has 1 aliphatic heterocycles. The quantitative estimate of drug-likeness (QED) is 0.540. The minimum Gasteiger partial charge on any atom is -0.325 e. The largest absolute Gasteiger partial charge is 0.325 e. The van der Waals surface area contributed by atoms with E-state index in [1.165, 1.54) is 17.3 Å². The normalized spacial score (nSPS) is 13.8. The van der Waals surface area contributed by atoms with Gasteiger partial charge in [-0.3, -0.25) is 14.2 Å². The monoisotopic (exact) mass is 434 g/mol. The molecule has 3 aromatic rings. The highest BCUT2D eigenvalue weighted by molar-refractivity contribution is 7.99. The van der Waals surface area contributed by atoms with Gasteiger partial charge in [0.15, 0.2) is 5.16 Å². The lowest BCUT2D eigenvalue weighted by Gasteiger charge is -2.16. The molecule has 0 saturated carbocycles. The van der Waals surface area contributed by atoms with Gasteiger partial charge in [-0.25, -0.2) is 4.98 Å². The predicted octanol–water partition coefficient (Wildman–Crippen LogP) is 4.85. The molecule has 0 aliphatic carbocycles. The molecule has 6 nitrogen and oxygen atoms in total. The summed E-state index contributed by atoms with van der Waals surface area (Å²) in [5.74, 6) is 0.747. The maximum absolute atomic E-state index is 12.5. The third-order valence-corrected chi connectivity index (χ3v) is 6.26. The van der Waals surface area contributed by atoms with E-state index in [0.29, 0.717) is 18.0 Å². The number of carbonyl (C=O) groups excluding carboxylic acids is 2. The molecule has 1 fully saturated rings. The highest BCUT2D eigenvalue weighted by Gasteiger charge is 2.21. The van der Waals surface area contributed by atoms with Crippen molar-refractivity contribution in [1.82, 2.24) is 9.55 Å². The fourth-order valence-corrected chi connectivity index (χ4v) is 4.39. The van der Waals surface area contributed by atoms with Crippen molar-refractivity contribution in [3.63, 3.8) is 0 Å². The number of nitrogens with one attached hydrogen (secondary N) is 1. The zero-order valence-corrected chi connectivity index (χ0v) is 18.6. The summed E-state index contributed by atoms with van der Waals surface area (Å²) < 4.78 is 1.99. The minimum absolute atomic E-state index is 0.111. The van der Waals surface area contributed by atoms with Gasteiger partial charge in [0, 0.05) is 42.4 Å². The molecule has 0 unspecified atom stereocenters. The summed E-state index contributed by atoms with van der Waals surface area (Å²) in [6.45, 7) is 5.07. The molecule has 4 rings (SSSR count). The van der Waals surface area contributed by atoms with E-state index in [1.807, 2.05) is 35.0 Å². The van der Waals surface area contributed by atoms with E-state index in [0.717, 1.165) is 29.5 Å². The van der Waals surface area contributed by atoms with Crippen LogP contribution in [0.25, 0.3) is 5.69 Å². The van der Waals surface area contributed by atoms with Crippen molar-refractivity contribution in [3.05, 3.63) is 66.5 Å². The van der Waals surface area contributed by atoms with Crippen molar-refractivity contribution in [1.29, 1.82) is 0 Å². The summed E-state index contributed by atoms with van der Waals surface area (Å²) in [6, 6.07) is 15.8. The van der Waals surface area contributed by atoms with Crippen LogP contribution in [0.2, 0.25) is 0 Å². The Bertz CT molecular complexity index is 1080. The van der Waals surface area contributed by atoms with E-state index in [1.54, 1.807) is 11.1 Å². The first kappa shape index (κ1) is 21.2. The van der Waals surface area contributed by atoms with E-state index in [9.17, 15) is 9.59 Å². The van der Waals surface area contributed by atoms with Gasteiger partial charge in [0.25, 0.3) is 0 Å². The number of imidazole rings is 1. The summed E-state index contributed by atoms with van der Waals surface area (Å²) in [5.41, 5.74) is 3.83. The number of carbonyl (C=O) groups is 2. The Morgan fingerprint density at radius 2 is 1.97 bits per heavy atom. The van der Waals surface area contributed by atoms with Crippen molar-refractivity contribution >= 4 is 35.0 Å². The highest BCUT2D eigenvalue weighted by atomic mass is 32.2. The molecule has 0 bridgehead atoms. The molecule has 31 heavy (non-hydrogen) atoms. The Morgan fingerprint density at radius 1 is 1.16 bits per heavy atom. The first-order valence-corrected chi connectivity index (χ1v) is 11.5. The Kier molecular flexibility index (Phi) is 6.42. The molecular weight excluding hydrogens is 408 g/mol. The fourth-order valence-electron chi connectivity index (χ4n) is 3.61. The molecule has 2 amide bonds. The standard InChI is InChI=1S/C24H26N4O2S/c1-17(2)18-8-10-20(11-9-18)28-14-12-25-24(28)31-16-22(29)26-19-5-3-6-21(15-19)27-13-4-7-23(27)30/h3,5-6,8-12,14-15,17H,4,7,13,16H2,1-2H3,(H,26,29). The number of aromatic nitrogens is 2. The molecule has 2 heterocycles. The molecule has 0 atom stereocenters. The van der Waals surface area contributed by atoms with Crippen molar-refractivity contribution < 1.29 is 9.59 Å². The van der Waals surface area contributed by atoms with Gasteiger partial charge in [-0.05, 0) is 48.2 Å². The lowest BCUT2D eigenvalue weighted by Crippen LogP contribution is -2.23. The number of nitrogens with zero attached hydrogens (tertiary/aromatic N) is 3. The fraction of sp³-hybridized carbons (Fsp3) is 0.292. The van der Waals surface area contributed by atoms with Gasteiger partial charge in [0.05, 0.1) is 5.75 Å². The Balaban J connectivity index is 1.38.